The largest absolute Gasteiger partial charge is 0.456 e. The number of hydrogen-bond acceptors (Lipinski definition) is 2. The molecule has 132 valence electrons. The fourth-order valence-electron chi connectivity index (χ4n) is 2.89. The smallest absolute Gasteiger partial charge is 0.135 e. The van der Waals surface area contributed by atoms with Crippen LogP contribution in [0.2, 0.25) is 0 Å². The Morgan fingerprint density at radius 1 is 0.538 bits per heavy atom. The zero-order valence-corrected chi connectivity index (χ0v) is 15.3. The molecule has 0 saturated carbocycles. The monoisotopic (exact) mass is 344 g/mol. The molecule has 0 aliphatic heterocycles. The quantitative estimate of drug-likeness (QED) is 0.404. The van der Waals surface area contributed by atoms with Crippen molar-refractivity contribution in [1.82, 2.24) is 0 Å². The maximum absolute atomic E-state index is 6.20. The molecule has 0 atom stereocenters. The Labute approximate surface area is 155 Å². The second-order valence-corrected chi connectivity index (χ2v) is 5.84. The first-order valence-electron chi connectivity index (χ1n) is 9.04. The highest BCUT2D eigenvalue weighted by atomic mass is 16.5. The molecule has 0 aromatic heterocycles. The molecule has 0 heterocycles. The molecule has 4 rings (SSSR count). The molecule has 4 aromatic rings. The summed E-state index contributed by atoms with van der Waals surface area (Å²) in [6.45, 7) is 5.67. The van der Waals surface area contributed by atoms with Gasteiger partial charge in [0.15, 0.2) is 0 Å². The summed E-state index contributed by atoms with van der Waals surface area (Å²) in [5.74, 6) is 1.79. The maximum atomic E-state index is 6.20. The van der Waals surface area contributed by atoms with Gasteiger partial charge in [0.2, 0.25) is 0 Å². The number of ether oxygens (including phenoxy) is 2. The molecule has 0 fully saturated rings. The Kier molecular flexibility index (Phi) is 6.24. The predicted molar refractivity (Wildman–Crippen MR) is 110 cm³/mol. The Balaban J connectivity index is 0.000000349. The highest BCUT2D eigenvalue weighted by Crippen LogP contribution is 2.33. The average Bonchev–Trinajstić information content (AvgIpc) is 2.70. The van der Waals surface area contributed by atoms with E-state index in [1.165, 1.54) is 10.8 Å². The third kappa shape index (κ3) is 4.22. The van der Waals surface area contributed by atoms with E-state index >= 15 is 0 Å². The fourth-order valence-corrected chi connectivity index (χ4v) is 2.89. The van der Waals surface area contributed by atoms with E-state index in [1.54, 1.807) is 0 Å². The third-order valence-electron chi connectivity index (χ3n) is 4.13. The van der Waals surface area contributed by atoms with Crippen LogP contribution in [0, 0.1) is 0 Å². The van der Waals surface area contributed by atoms with Crippen molar-refractivity contribution in [2.75, 3.05) is 13.2 Å². The van der Waals surface area contributed by atoms with Crippen LogP contribution >= 0.6 is 0 Å². The van der Waals surface area contributed by atoms with Crippen LogP contribution in [0.5, 0.6) is 11.5 Å². The highest BCUT2D eigenvalue weighted by molar-refractivity contribution is 5.91. The number of hydrogen-bond donors (Lipinski definition) is 0. The van der Waals surface area contributed by atoms with Gasteiger partial charge in [-0.15, -0.1) is 0 Å². The molecule has 0 bridgehead atoms. The van der Waals surface area contributed by atoms with Crippen LogP contribution in [0.3, 0.4) is 0 Å². The summed E-state index contributed by atoms with van der Waals surface area (Å²) in [4.78, 5) is 0. The fraction of sp³-hybridized carbons (Fsp3) is 0.167. The van der Waals surface area contributed by atoms with E-state index in [-0.39, 0.29) is 0 Å². The average molecular weight is 344 g/mol. The molecule has 0 saturated heterocycles. The lowest BCUT2D eigenvalue weighted by Gasteiger charge is -2.11. The Morgan fingerprint density at radius 2 is 0.962 bits per heavy atom. The molecule has 0 unspecified atom stereocenters. The molecule has 0 aliphatic rings. The molecule has 4 aromatic carbocycles. The summed E-state index contributed by atoms with van der Waals surface area (Å²) in [5, 5.41) is 4.64. The van der Waals surface area contributed by atoms with Crippen molar-refractivity contribution in [1.29, 1.82) is 0 Å². The lowest BCUT2D eigenvalue weighted by molar-refractivity contribution is 0.162. The van der Waals surface area contributed by atoms with Gasteiger partial charge in [-0.1, -0.05) is 72.8 Å². The number of rotatable bonds is 4. The summed E-state index contributed by atoms with van der Waals surface area (Å²) in [5.41, 5.74) is 0. The molecular weight excluding hydrogens is 320 g/mol. The van der Waals surface area contributed by atoms with E-state index in [9.17, 15) is 0 Å². The predicted octanol–water partition coefficient (Wildman–Crippen LogP) is 6.83. The lowest BCUT2D eigenvalue weighted by Crippen LogP contribution is -1.87. The zero-order chi connectivity index (χ0) is 18.2. The van der Waals surface area contributed by atoms with Crippen molar-refractivity contribution in [2.24, 2.45) is 0 Å². The van der Waals surface area contributed by atoms with Crippen molar-refractivity contribution in [3.05, 3.63) is 84.9 Å². The first-order chi connectivity index (χ1) is 12.8. The van der Waals surface area contributed by atoms with E-state index in [2.05, 4.69) is 36.4 Å². The van der Waals surface area contributed by atoms with E-state index in [1.807, 2.05) is 62.4 Å². The zero-order valence-electron chi connectivity index (χ0n) is 15.3. The van der Waals surface area contributed by atoms with Crippen LogP contribution in [0.4, 0.5) is 0 Å². The summed E-state index contributed by atoms with van der Waals surface area (Å²) >= 11 is 0. The van der Waals surface area contributed by atoms with Gasteiger partial charge in [-0.2, -0.15) is 0 Å². The summed E-state index contributed by atoms with van der Waals surface area (Å²) < 4.78 is 11.0. The Bertz CT molecular complexity index is 886. The number of fused-ring (bicyclic) bond motifs is 2. The first kappa shape index (κ1) is 18.0. The molecule has 0 spiro atoms. The van der Waals surface area contributed by atoms with Gasteiger partial charge >= 0.3 is 0 Å². The van der Waals surface area contributed by atoms with Crippen molar-refractivity contribution < 1.29 is 9.47 Å². The molecule has 2 heteroatoms. The lowest BCUT2D eigenvalue weighted by atomic mass is 10.1. The van der Waals surface area contributed by atoms with Crippen LogP contribution in [0.15, 0.2) is 84.9 Å². The molecule has 0 amide bonds. The normalized spacial score (nSPS) is 10.4. The van der Waals surface area contributed by atoms with Gasteiger partial charge in [-0.25, -0.2) is 0 Å². The summed E-state index contributed by atoms with van der Waals surface area (Å²) in [6, 6.07) is 28.9. The maximum Gasteiger partial charge on any atom is 0.135 e. The molecule has 0 aliphatic carbocycles. The van der Waals surface area contributed by atoms with E-state index in [4.69, 9.17) is 9.47 Å². The van der Waals surface area contributed by atoms with E-state index in [0.717, 1.165) is 35.5 Å². The summed E-state index contributed by atoms with van der Waals surface area (Å²) in [6.07, 6.45) is 0. The second-order valence-electron chi connectivity index (χ2n) is 5.84. The molecule has 2 nitrogen and oxygen atoms in total. The van der Waals surface area contributed by atoms with Crippen LogP contribution in [0.25, 0.3) is 21.5 Å². The summed E-state index contributed by atoms with van der Waals surface area (Å²) in [7, 11) is 0. The number of benzene rings is 4. The minimum atomic E-state index is 0.844. The van der Waals surface area contributed by atoms with Crippen LogP contribution in [0.1, 0.15) is 13.8 Å². The Morgan fingerprint density at radius 3 is 1.38 bits per heavy atom. The van der Waals surface area contributed by atoms with Crippen LogP contribution in [-0.4, -0.2) is 13.2 Å². The van der Waals surface area contributed by atoms with Crippen molar-refractivity contribution in [3.8, 4) is 11.5 Å². The van der Waals surface area contributed by atoms with E-state index in [0.29, 0.717) is 0 Å². The Hall–Kier alpha value is -2.84. The molecule has 26 heavy (non-hydrogen) atoms. The van der Waals surface area contributed by atoms with Crippen molar-refractivity contribution >= 4 is 21.5 Å². The molecular formula is C24H24O2. The molecule has 0 N–H and O–H groups in total. The van der Waals surface area contributed by atoms with E-state index < -0.39 is 0 Å². The van der Waals surface area contributed by atoms with Gasteiger partial charge in [0.1, 0.15) is 11.5 Å². The highest BCUT2D eigenvalue weighted by Gasteiger charge is 2.05. The van der Waals surface area contributed by atoms with Gasteiger partial charge < -0.3 is 9.47 Å². The van der Waals surface area contributed by atoms with Crippen LogP contribution < -0.4 is 4.74 Å². The topological polar surface area (TPSA) is 18.5 Å². The van der Waals surface area contributed by atoms with Crippen molar-refractivity contribution in [3.63, 3.8) is 0 Å². The van der Waals surface area contributed by atoms with Gasteiger partial charge in [-0.05, 0) is 36.8 Å². The van der Waals surface area contributed by atoms with Crippen molar-refractivity contribution in [2.45, 2.75) is 13.8 Å². The SMILES string of the molecule is CCOCC.c1ccc2c(Oc3cccc4ccccc34)cccc2c1. The standard InChI is InChI=1S/C20H14O.C4H10O/c1-3-11-17-15(7-1)9-5-13-19(17)21-20-14-6-10-16-8-2-4-12-18(16)20;1-3-5-4-2/h1-14H;3-4H2,1-2H3. The first-order valence-corrected chi connectivity index (χ1v) is 9.04. The third-order valence-corrected chi connectivity index (χ3v) is 4.13. The minimum absolute atomic E-state index is 0.844. The van der Waals surface area contributed by atoms with Gasteiger partial charge in [-0.3, -0.25) is 0 Å². The van der Waals surface area contributed by atoms with Gasteiger partial charge in [0.25, 0.3) is 0 Å². The van der Waals surface area contributed by atoms with Gasteiger partial charge in [0.05, 0.1) is 0 Å². The van der Waals surface area contributed by atoms with Crippen LogP contribution in [-0.2, 0) is 4.74 Å². The second kappa shape index (κ2) is 9.02. The van der Waals surface area contributed by atoms with Gasteiger partial charge in [0, 0.05) is 24.0 Å². The molecule has 0 radical (unpaired) electrons. The minimum Gasteiger partial charge on any atom is -0.456 e.